The Balaban J connectivity index is 2.16. The van der Waals surface area contributed by atoms with Gasteiger partial charge in [0.15, 0.2) is 5.82 Å². The predicted molar refractivity (Wildman–Crippen MR) is 86.7 cm³/mol. The normalized spacial score (nSPS) is 11.0. The van der Waals surface area contributed by atoms with Crippen LogP contribution in [0.1, 0.15) is 5.82 Å². The Morgan fingerprint density at radius 1 is 1.10 bits per heavy atom. The van der Waals surface area contributed by atoms with Gasteiger partial charge in [-0.3, -0.25) is 0 Å². The number of hydrogen-bond donors (Lipinski definition) is 0. The first-order valence-electron chi connectivity index (χ1n) is 5.96. The molecule has 0 fully saturated rings. The van der Waals surface area contributed by atoms with Crippen LogP contribution in [0, 0.1) is 6.92 Å². The highest BCUT2D eigenvalue weighted by atomic mass is 35.5. The maximum Gasteiger partial charge on any atom is 0.154 e. The summed E-state index contributed by atoms with van der Waals surface area (Å²) in [4.78, 5) is 11.0. The van der Waals surface area contributed by atoms with Crippen LogP contribution in [0.15, 0.2) is 29.6 Å². The molecular formula is C14H11Cl2N3S. The molecule has 0 unspecified atom stereocenters. The first-order valence-corrected chi connectivity index (χ1v) is 7.60. The van der Waals surface area contributed by atoms with Gasteiger partial charge >= 0.3 is 0 Å². The van der Waals surface area contributed by atoms with E-state index in [4.69, 9.17) is 23.2 Å². The van der Waals surface area contributed by atoms with Crippen molar-refractivity contribution in [2.75, 3.05) is 11.9 Å². The topological polar surface area (TPSA) is 29.0 Å². The summed E-state index contributed by atoms with van der Waals surface area (Å²) in [5.74, 6) is 1.60. The number of aromatic nitrogens is 2. The molecule has 0 radical (unpaired) electrons. The average molecular weight is 324 g/mol. The molecule has 0 aliphatic rings. The lowest BCUT2D eigenvalue weighted by molar-refractivity contribution is 1.05. The summed E-state index contributed by atoms with van der Waals surface area (Å²) in [6.45, 7) is 1.89. The van der Waals surface area contributed by atoms with Crippen LogP contribution < -0.4 is 4.90 Å². The fraction of sp³-hybridized carbons (Fsp3) is 0.143. The summed E-state index contributed by atoms with van der Waals surface area (Å²) in [6.07, 6.45) is 0. The zero-order chi connectivity index (χ0) is 14.3. The minimum absolute atomic E-state index is 0.604. The zero-order valence-electron chi connectivity index (χ0n) is 10.9. The van der Waals surface area contributed by atoms with Gasteiger partial charge in [-0.1, -0.05) is 23.2 Å². The molecule has 0 saturated carbocycles. The molecule has 0 aliphatic carbocycles. The highest BCUT2D eigenvalue weighted by Gasteiger charge is 2.14. The highest BCUT2D eigenvalue weighted by Crippen LogP contribution is 2.34. The quantitative estimate of drug-likeness (QED) is 0.659. The van der Waals surface area contributed by atoms with Crippen LogP contribution in [-0.2, 0) is 0 Å². The van der Waals surface area contributed by atoms with Gasteiger partial charge in [-0.05, 0) is 36.6 Å². The maximum absolute atomic E-state index is 6.07. The summed E-state index contributed by atoms with van der Waals surface area (Å²) in [5, 5.41) is 3.22. The van der Waals surface area contributed by atoms with Gasteiger partial charge in [0.25, 0.3) is 0 Å². The van der Waals surface area contributed by atoms with Gasteiger partial charge < -0.3 is 4.90 Å². The minimum atomic E-state index is 0.604. The lowest BCUT2D eigenvalue weighted by Gasteiger charge is -2.19. The molecule has 3 rings (SSSR count). The number of anilines is 2. The second-order valence-electron chi connectivity index (χ2n) is 4.42. The van der Waals surface area contributed by atoms with Crippen LogP contribution in [0.5, 0.6) is 0 Å². The maximum atomic E-state index is 6.07. The van der Waals surface area contributed by atoms with E-state index in [1.54, 1.807) is 17.4 Å². The largest absolute Gasteiger partial charge is 0.328 e. The predicted octanol–water partition coefficient (Wildman–Crippen LogP) is 5.07. The van der Waals surface area contributed by atoms with E-state index in [9.17, 15) is 0 Å². The van der Waals surface area contributed by atoms with Crippen LogP contribution in [0.2, 0.25) is 10.0 Å². The molecule has 102 valence electrons. The van der Waals surface area contributed by atoms with E-state index in [-0.39, 0.29) is 0 Å². The molecule has 0 atom stereocenters. The van der Waals surface area contributed by atoms with E-state index in [2.05, 4.69) is 9.97 Å². The van der Waals surface area contributed by atoms with Crippen molar-refractivity contribution < 1.29 is 0 Å². The zero-order valence-corrected chi connectivity index (χ0v) is 13.2. The Bertz CT molecular complexity index is 765. The SMILES string of the molecule is Cc1nc(N(C)c2cc(Cl)cc(Cl)c2)c2sccc2n1. The molecule has 20 heavy (non-hydrogen) atoms. The Morgan fingerprint density at radius 3 is 2.50 bits per heavy atom. The van der Waals surface area contributed by atoms with Gasteiger partial charge in [-0.2, -0.15) is 0 Å². The fourth-order valence-corrected chi connectivity index (χ4v) is 3.41. The standard InChI is InChI=1S/C14H11Cl2N3S/c1-8-17-12-3-4-20-13(12)14(18-8)19(2)11-6-9(15)5-10(16)7-11/h3-7H,1-2H3. The van der Waals surface area contributed by atoms with Gasteiger partial charge in [0.2, 0.25) is 0 Å². The van der Waals surface area contributed by atoms with Crippen molar-refractivity contribution in [1.82, 2.24) is 9.97 Å². The molecule has 0 saturated heterocycles. The van der Waals surface area contributed by atoms with Crippen molar-refractivity contribution in [2.24, 2.45) is 0 Å². The Labute approximate surface area is 130 Å². The van der Waals surface area contributed by atoms with Crippen LogP contribution in [0.25, 0.3) is 10.2 Å². The third kappa shape index (κ3) is 2.46. The fourth-order valence-electron chi connectivity index (χ4n) is 2.04. The number of nitrogens with zero attached hydrogens (tertiary/aromatic N) is 3. The monoisotopic (exact) mass is 323 g/mol. The summed E-state index contributed by atoms with van der Waals surface area (Å²) in [5.41, 5.74) is 1.85. The van der Waals surface area contributed by atoms with Crippen LogP contribution in [0.4, 0.5) is 11.5 Å². The number of aryl methyl sites for hydroxylation is 1. The number of thiophene rings is 1. The lowest BCUT2D eigenvalue weighted by atomic mass is 10.3. The second kappa shape index (κ2) is 5.20. The van der Waals surface area contributed by atoms with Crippen LogP contribution in [0.3, 0.4) is 0 Å². The molecule has 2 aromatic heterocycles. The van der Waals surface area contributed by atoms with Crippen molar-refractivity contribution in [3.05, 3.63) is 45.5 Å². The van der Waals surface area contributed by atoms with Gasteiger partial charge in [-0.15, -0.1) is 11.3 Å². The molecule has 0 aliphatic heterocycles. The van der Waals surface area contributed by atoms with E-state index in [1.165, 1.54) is 0 Å². The van der Waals surface area contributed by atoms with Crippen molar-refractivity contribution in [3.63, 3.8) is 0 Å². The summed E-state index contributed by atoms with van der Waals surface area (Å²) in [6, 6.07) is 7.44. The van der Waals surface area contributed by atoms with E-state index in [0.29, 0.717) is 10.0 Å². The molecule has 3 nitrogen and oxygen atoms in total. The van der Waals surface area contributed by atoms with Gasteiger partial charge in [0.05, 0.1) is 10.2 Å². The van der Waals surface area contributed by atoms with Crippen molar-refractivity contribution in [3.8, 4) is 0 Å². The van der Waals surface area contributed by atoms with Crippen molar-refractivity contribution in [2.45, 2.75) is 6.92 Å². The third-order valence-corrected chi connectivity index (χ3v) is 4.29. The average Bonchev–Trinajstić information content (AvgIpc) is 2.83. The Morgan fingerprint density at radius 2 is 1.80 bits per heavy atom. The van der Waals surface area contributed by atoms with Gasteiger partial charge in [0, 0.05) is 22.8 Å². The molecule has 2 heterocycles. The molecular weight excluding hydrogens is 313 g/mol. The van der Waals surface area contributed by atoms with E-state index < -0.39 is 0 Å². The summed E-state index contributed by atoms with van der Waals surface area (Å²) < 4.78 is 1.05. The Kier molecular flexibility index (Phi) is 3.54. The molecule has 0 N–H and O–H groups in total. The van der Waals surface area contributed by atoms with E-state index in [1.807, 2.05) is 42.5 Å². The van der Waals surface area contributed by atoms with Crippen LogP contribution >= 0.6 is 34.5 Å². The van der Waals surface area contributed by atoms with Gasteiger partial charge in [-0.25, -0.2) is 9.97 Å². The molecule has 0 amide bonds. The number of benzene rings is 1. The lowest BCUT2D eigenvalue weighted by Crippen LogP contribution is -2.12. The molecule has 6 heteroatoms. The highest BCUT2D eigenvalue weighted by molar-refractivity contribution is 7.17. The smallest absolute Gasteiger partial charge is 0.154 e. The first kappa shape index (κ1) is 13.6. The third-order valence-electron chi connectivity index (χ3n) is 2.95. The number of rotatable bonds is 2. The van der Waals surface area contributed by atoms with Crippen molar-refractivity contribution in [1.29, 1.82) is 0 Å². The van der Waals surface area contributed by atoms with E-state index >= 15 is 0 Å². The molecule has 0 spiro atoms. The van der Waals surface area contributed by atoms with E-state index in [0.717, 1.165) is 27.5 Å². The molecule has 3 aromatic rings. The van der Waals surface area contributed by atoms with Crippen molar-refractivity contribution >= 4 is 56.3 Å². The Hall–Kier alpha value is -1.36. The second-order valence-corrected chi connectivity index (χ2v) is 6.21. The first-order chi connectivity index (χ1) is 9.54. The molecule has 1 aromatic carbocycles. The van der Waals surface area contributed by atoms with Crippen LogP contribution in [-0.4, -0.2) is 17.0 Å². The minimum Gasteiger partial charge on any atom is -0.328 e. The van der Waals surface area contributed by atoms with Gasteiger partial charge in [0.1, 0.15) is 5.82 Å². The number of hydrogen-bond acceptors (Lipinski definition) is 4. The summed E-state index contributed by atoms with van der Waals surface area (Å²) in [7, 11) is 1.95. The molecule has 0 bridgehead atoms. The number of fused-ring (bicyclic) bond motifs is 1. The summed E-state index contributed by atoms with van der Waals surface area (Å²) >= 11 is 13.8. The number of halogens is 2.